The molecule has 1 aliphatic rings. The van der Waals surface area contributed by atoms with Gasteiger partial charge in [-0.25, -0.2) is 0 Å². The minimum absolute atomic E-state index is 0.138. The average molecular weight is 246 g/mol. The molecule has 0 unspecified atom stereocenters. The van der Waals surface area contributed by atoms with Crippen molar-refractivity contribution in [3.63, 3.8) is 0 Å². The zero-order valence-corrected chi connectivity index (χ0v) is 11.5. The van der Waals surface area contributed by atoms with E-state index in [1.54, 1.807) is 0 Å². The fourth-order valence-corrected chi connectivity index (χ4v) is 2.88. The number of anilines is 1. The predicted molar refractivity (Wildman–Crippen MR) is 73.7 cm³/mol. The molecule has 1 heterocycles. The Balaban J connectivity index is 2.02. The number of aromatic nitrogens is 1. The molecule has 3 heteroatoms. The molecule has 0 atom stereocenters. The largest absolute Gasteiger partial charge is 0.324 e. The smallest absolute Gasteiger partial charge is 0.224 e. The molecule has 1 aromatic heterocycles. The highest BCUT2D eigenvalue weighted by Crippen LogP contribution is 2.28. The average Bonchev–Trinajstić information content (AvgIpc) is 2.76. The van der Waals surface area contributed by atoms with Crippen LogP contribution in [0, 0.1) is 26.7 Å². The van der Waals surface area contributed by atoms with Crippen molar-refractivity contribution < 1.29 is 4.79 Å². The lowest BCUT2D eigenvalue weighted by Crippen LogP contribution is -2.17. The third-order valence-corrected chi connectivity index (χ3v) is 3.74. The molecule has 0 spiro atoms. The van der Waals surface area contributed by atoms with E-state index in [4.69, 9.17) is 0 Å². The van der Waals surface area contributed by atoms with Gasteiger partial charge >= 0.3 is 0 Å². The van der Waals surface area contributed by atoms with Crippen molar-refractivity contribution >= 4 is 11.6 Å². The molecule has 0 aromatic carbocycles. The fourth-order valence-electron chi connectivity index (χ4n) is 2.88. The van der Waals surface area contributed by atoms with Gasteiger partial charge in [-0.05, 0) is 51.2 Å². The standard InChI is InChI=1S/C15H22N2O/c1-10-8-11(2)16-12(3)15(10)17-14(18)9-13-6-4-5-7-13/h8,13H,4-7,9H2,1-3H3,(H,17,18). The van der Waals surface area contributed by atoms with Gasteiger partial charge in [0, 0.05) is 12.1 Å². The maximum atomic E-state index is 12.0. The lowest BCUT2D eigenvalue weighted by Gasteiger charge is -2.13. The van der Waals surface area contributed by atoms with Crippen molar-refractivity contribution in [3.8, 4) is 0 Å². The van der Waals surface area contributed by atoms with Gasteiger partial charge in [0.25, 0.3) is 0 Å². The van der Waals surface area contributed by atoms with Gasteiger partial charge < -0.3 is 5.32 Å². The number of nitrogens with zero attached hydrogens (tertiary/aromatic N) is 1. The van der Waals surface area contributed by atoms with Gasteiger partial charge in [0.2, 0.25) is 5.91 Å². The number of nitrogens with one attached hydrogen (secondary N) is 1. The number of carbonyl (C=O) groups excluding carboxylic acids is 1. The Bertz CT molecular complexity index is 425. The Morgan fingerprint density at radius 1 is 1.33 bits per heavy atom. The number of amides is 1. The molecule has 3 nitrogen and oxygen atoms in total. The molecular weight excluding hydrogens is 224 g/mol. The summed E-state index contributed by atoms with van der Waals surface area (Å²) in [6.07, 6.45) is 5.63. The number of rotatable bonds is 3. The first-order valence-electron chi connectivity index (χ1n) is 6.81. The van der Waals surface area contributed by atoms with Crippen LogP contribution < -0.4 is 5.32 Å². The first-order valence-corrected chi connectivity index (χ1v) is 6.81. The van der Waals surface area contributed by atoms with E-state index in [1.807, 2.05) is 26.8 Å². The highest BCUT2D eigenvalue weighted by Gasteiger charge is 2.19. The quantitative estimate of drug-likeness (QED) is 0.886. The lowest BCUT2D eigenvalue weighted by molar-refractivity contribution is -0.117. The highest BCUT2D eigenvalue weighted by molar-refractivity contribution is 5.92. The molecule has 1 aliphatic carbocycles. The van der Waals surface area contributed by atoms with E-state index in [0.717, 1.165) is 22.6 Å². The zero-order chi connectivity index (χ0) is 13.1. The van der Waals surface area contributed by atoms with Crippen molar-refractivity contribution in [2.24, 2.45) is 5.92 Å². The van der Waals surface area contributed by atoms with Crippen LogP contribution >= 0.6 is 0 Å². The molecule has 0 bridgehead atoms. The summed E-state index contributed by atoms with van der Waals surface area (Å²) < 4.78 is 0. The lowest BCUT2D eigenvalue weighted by atomic mass is 10.0. The van der Waals surface area contributed by atoms with Gasteiger partial charge in [-0.2, -0.15) is 0 Å². The number of pyridine rings is 1. The minimum atomic E-state index is 0.138. The molecule has 1 fully saturated rings. The summed E-state index contributed by atoms with van der Waals surface area (Å²) in [4.78, 5) is 16.4. The molecular formula is C15H22N2O. The van der Waals surface area contributed by atoms with Gasteiger partial charge in [0.05, 0.1) is 11.4 Å². The van der Waals surface area contributed by atoms with Gasteiger partial charge in [-0.1, -0.05) is 12.8 Å². The summed E-state index contributed by atoms with van der Waals surface area (Å²) in [5.41, 5.74) is 3.90. The Kier molecular flexibility index (Phi) is 4.00. The normalized spacial score (nSPS) is 15.9. The molecule has 1 N–H and O–H groups in total. The van der Waals surface area contributed by atoms with Gasteiger partial charge in [0.15, 0.2) is 0 Å². The summed E-state index contributed by atoms with van der Waals surface area (Å²) in [5.74, 6) is 0.725. The van der Waals surface area contributed by atoms with Crippen LogP contribution in [0.3, 0.4) is 0 Å². The molecule has 1 saturated carbocycles. The van der Waals surface area contributed by atoms with E-state index < -0.39 is 0 Å². The van der Waals surface area contributed by atoms with Crippen molar-refractivity contribution in [3.05, 3.63) is 23.0 Å². The van der Waals surface area contributed by atoms with E-state index in [1.165, 1.54) is 25.7 Å². The number of hydrogen-bond acceptors (Lipinski definition) is 2. The monoisotopic (exact) mass is 246 g/mol. The van der Waals surface area contributed by atoms with Crippen LogP contribution in [-0.4, -0.2) is 10.9 Å². The van der Waals surface area contributed by atoms with Crippen LogP contribution in [-0.2, 0) is 4.79 Å². The summed E-state index contributed by atoms with van der Waals surface area (Å²) in [7, 11) is 0. The molecule has 2 rings (SSSR count). The van der Waals surface area contributed by atoms with Crippen LogP contribution in [0.5, 0.6) is 0 Å². The maximum absolute atomic E-state index is 12.0. The molecule has 0 aliphatic heterocycles. The maximum Gasteiger partial charge on any atom is 0.224 e. The second-order valence-corrected chi connectivity index (χ2v) is 5.44. The second kappa shape index (κ2) is 5.51. The van der Waals surface area contributed by atoms with Crippen molar-refractivity contribution in [2.45, 2.75) is 52.9 Å². The van der Waals surface area contributed by atoms with Crippen LogP contribution in [0.4, 0.5) is 5.69 Å². The summed E-state index contributed by atoms with van der Waals surface area (Å²) in [6.45, 7) is 5.95. The second-order valence-electron chi connectivity index (χ2n) is 5.44. The third kappa shape index (κ3) is 3.09. The number of aryl methyl sites for hydroxylation is 3. The van der Waals surface area contributed by atoms with Gasteiger partial charge in [0.1, 0.15) is 0 Å². The first kappa shape index (κ1) is 13.1. The zero-order valence-electron chi connectivity index (χ0n) is 11.5. The van der Waals surface area contributed by atoms with Crippen molar-refractivity contribution in [2.75, 3.05) is 5.32 Å². The highest BCUT2D eigenvalue weighted by atomic mass is 16.1. The SMILES string of the molecule is Cc1cc(C)c(NC(=O)CC2CCCC2)c(C)n1. The Morgan fingerprint density at radius 2 is 2.00 bits per heavy atom. The minimum Gasteiger partial charge on any atom is -0.324 e. The van der Waals surface area contributed by atoms with E-state index in [0.29, 0.717) is 12.3 Å². The Labute approximate surface area is 109 Å². The molecule has 0 radical (unpaired) electrons. The summed E-state index contributed by atoms with van der Waals surface area (Å²) in [6, 6.07) is 2.01. The molecule has 1 aromatic rings. The molecule has 18 heavy (non-hydrogen) atoms. The molecule has 0 saturated heterocycles. The van der Waals surface area contributed by atoms with Crippen LogP contribution in [0.2, 0.25) is 0 Å². The third-order valence-electron chi connectivity index (χ3n) is 3.74. The first-order chi connectivity index (χ1) is 8.56. The summed E-state index contributed by atoms with van der Waals surface area (Å²) in [5, 5.41) is 3.03. The topological polar surface area (TPSA) is 42.0 Å². The van der Waals surface area contributed by atoms with Crippen LogP contribution in [0.1, 0.15) is 49.1 Å². The van der Waals surface area contributed by atoms with E-state index in [9.17, 15) is 4.79 Å². The number of carbonyl (C=O) groups is 1. The Morgan fingerprint density at radius 3 is 2.61 bits per heavy atom. The van der Waals surface area contributed by atoms with Crippen molar-refractivity contribution in [1.82, 2.24) is 4.98 Å². The van der Waals surface area contributed by atoms with Crippen LogP contribution in [0.25, 0.3) is 0 Å². The van der Waals surface area contributed by atoms with Crippen LogP contribution in [0.15, 0.2) is 6.07 Å². The van der Waals surface area contributed by atoms with Gasteiger partial charge in [-0.15, -0.1) is 0 Å². The van der Waals surface area contributed by atoms with Crippen molar-refractivity contribution in [1.29, 1.82) is 0 Å². The van der Waals surface area contributed by atoms with E-state index in [2.05, 4.69) is 10.3 Å². The summed E-state index contributed by atoms with van der Waals surface area (Å²) >= 11 is 0. The fraction of sp³-hybridized carbons (Fsp3) is 0.600. The number of hydrogen-bond donors (Lipinski definition) is 1. The predicted octanol–water partition coefficient (Wildman–Crippen LogP) is 3.53. The van der Waals surface area contributed by atoms with Gasteiger partial charge in [-0.3, -0.25) is 9.78 Å². The molecule has 98 valence electrons. The van der Waals surface area contributed by atoms with E-state index >= 15 is 0 Å². The molecule has 1 amide bonds. The Hall–Kier alpha value is -1.38. The van der Waals surface area contributed by atoms with E-state index in [-0.39, 0.29) is 5.91 Å².